The first-order valence-corrected chi connectivity index (χ1v) is 10.0. The fourth-order valence-electron chi connectivity index (χ4n) is 2.54. The number of nitrogens with zero attached hydrogens (tertiary/aromatic N) is 2. The number of ether oxygens (including phenoxy) is 2. The van der Waals surface area contributed by atoms with Crippen molar-refractivity contribution >= 4 is 29.9 Å². The van der Waals surface area contributed by atoms with E-state index in [1.807, 2.05) is 25.1 Å². The third-order valence-electron chi connectivity index (χ3n) is 3.98. The van der Waals surface area contributed by atoms with Crippen molar-refractivity contribution in [3.05, 3.63) is 41.8 Å². The van der Waals surface area contributed by atoms with Gasteiger partial charge in [0, 0.05) is 12.6 Å². The molecule has 0 saturated carbocycles. The molecule has 0 fully saturated rings. The van der Waals surface area contributed by atoms with Crippen molar-refractivity contribution < 1.29 is 14.0 Å². The highest BCUT2D eigenvalue weighted by atomic mass is 127. The van der Waals surface area contributed by atoms with Crippen LogP contribution in [0.15, 0.2) is 40.0 Å². The van der Waals surface area contributed by atoms with Crippen LogP contribution < -0.4 is 20.1 Å². The first kappa shape index (κ1) is 25.1. The Kier molecular flexibility index (Phi) is 12.2. The summed E-state index contributed by atoms with van der Waals surface area (Å²) in [6, 6.07) is 7.93. The van der Waals surface area contributed by atoms with E-state index in [9.17, 15) is 0 Å². The Labute approximate surface area is 190 Å². The zero-order chi connectivity index (χ0) is 20.2. The second kappa shape index (κ2) is 14.1. The molecule has 2 rings (SSSR count). The predicted molar refractivity (Wildman–Crippen MR) is 126 cm³/mol. The number of benzene rings is 1. The summed E-state index contributed by atoms with van der Waals surface area (Å²) in [4.78, 5) is 4.57. The van der Waals surface area contributed by atoms with Gasteiger partial charge in [0.05, 0.1) is 25.8 Å². The van der Waals surface area contributed by atoms with Gasteiger partial charge in [0.2, 0.25) is 0 Å². The standard InChI is InChI=1S/C21H32N4O3.HI/c1-5-11-26-19-9-8-17(14-20(19)27-12-6-2)16(4)24-21(22-7-3)23-15-18-10-13-28-25-18;/h8-10,13-14,16H,5-7,11-12,15H2,1-4H3,(H2,22,23,24);1H. The fraction of sp³-hybridized carbons (Fsp3) is 0.524. The van der Waals surface area contributed by atoms with Crippen molar-refractivity contribution in [2.24, 2.45) is 4.99 Å². The van der Waals surface area contributed by atoms with Gasteiger partial charge in [0.15, 0.2) is 17.5 Å². The molecule has 1 unspecified atom stereocenters. The third-order valence-corrected chi connectivity index (χ3v) is 3.98. The van der Waals surface area contributed by atoms with Crippen molar-refractivity contribution in [2.75, 3.05) is 19.8 Å². The fourth-order valence-corrected chi connectivity index (χ4v) is 2.54. The van der Waals surface area contributed by atoms with Crippen molar-refractivity contribution in [2.45, 2.75) is 53.1 Å². The summed E-state index contributed by atoms with van der Waals surface area (Å²) in [5.41, 5.74) is 1.89. The molecule has 0 saturated heterocycles. The minimum atomic E-state index is 0. The molecular weight excluding hydrogens is 483 g/mol. The van der Waals surface area contributed by atoms with E-state index >= 15 is 0 Å². The molecule has 2 aromatic rings. The molecule has 7 nitrogen and oxygen atoms in total. The van der Waals surface area contributed by atoms with Crippen LogP contribution in [-0.2, 0) is 6.54 Å². The molecule has 0 aliphatic carbocycles. The highest BCUT2D eigenvalue weighted by Gasteiger charge is 2.13. The Morgan fingerprint density at radius 1 is 1.10 bits per heavy atom. The molecule has 0 amide bonds. The summed E-state index contributed by atoms with van der Waals surface area (Å²) in [6.45, 7) is 10.9. The van der Waals surface area contributed by atoms with Gasteiger partial charge in [-0.05, 0) is 44.4 Å². The zero-order valence-corrected chi connectivity index (χ0v) is 20.1. The van der Waals surface area contributed by atoms with E-state index < -0.39 is 0 Å². The maximum Gasteiger partial charge on any atom is 0.192 e. The number of nitrogens with one attached hydrogen (secondary N) is 2. The van der Waals surface area contributed by atoms with E-state index in [0.29, 0.717) is 19.8 Å². The average Bonchev–Trinajstić information content (AvgIpc) is 3.23. The molecule has 1 aromatic carbocycles. The number of guanidine groups is 1. The van der Waals surface area contributed by atoms with Gasteiger partial charge in [-0.15, -0.1) is 24.0 Å². The van der Waals surface area contributed by atoms with Gasteiger partial charge in [0.25, 0.3) is 0 Å². The zero-order valence-electron chi connectivity index (χ0n) is 17.7. The van der Waals surface area contributed by atoms with E-state index in [1.165, 1.54) is 0 Å². The van der Waals surface area contributed by atoms with Gasteiger partial charge in [-0.3, -0.25) is 0 Å². The molecular formula is C21H33IN4O3. The Morgan fingerprint density at radius 3 is 2.45 bits per heavy atom. The lowest BCUT2D eigenvalue weighted by Crippen LogP contribution is -2.38. The van der Waals surface area contributed by atoms with Gasteiger partial charge in [-0.2, -0.15) is 0 Å². The number of hydrogen-bond acceptors (Lipinski definition) is 5. The highest BCUT2D eigenvalue weighted by Crippen LogP contribution is 2.31. The number of aromatic nitrogens is 1. The molecule has 1 heterocycles. The third kappa shape index (κ3) is 8.51. The maximum absolute atomic E-state index is 5.91. The van der Waals surface area contributed by atoms with Gasteiger partial charge in [0.1, 0.15) is 12.0 Å². The van der Waals surface area contributed by atoms with Gasteiger partial charge >= 0.3 is 0 Å². The van der Waals surface area contributed by atoms with E-state index in [-0.39, 0.29) is 30.0 Å². The molecule has 1 atom stereocenters. The molecule has 0 aliphatic rings. The second-order valence-corrected chi connectivity index (χ2v) is 6.46. The topological polar surface area (TPSA) is 80.9 Å². The van der Waals surface area contributed by atoms with E-state index in [2.05, 4.69) is 47.6 Å². The number of aliphatic imine (C=N–C) groups is 1. The molecule has 1 aromatic heterocycles. The van der Waals surface area contributed by atoms with Crippen molar-refractivity contribution in [1.82, 2.24) is 15.8 Å². The predicted octanol–water partition coefficient (Wildman–Crippen LogP) is 4.69. The lowest BCUT2D eigenvalue weighted by Gasteiger charge is -2.20. The van der Waals surface area contributed by atoms with Crippen LogP contribution in [0.4, 0.5) is 0 Å². The Bertz CT molecular complexity index is 723. The molecule has 162 valence electrons. The van der Waals surface area contributed by atoms with E-state index in [1.54, 1.807) is 6.26 Å². The Morgan fingerprint density at radius 2 is 1.83 bits per heavy atom. The quantitative estimate of drug-likeness (QED) is 0.256. The molecule has 29 heavy (non-hydrogen) atoms. The van der Waals surface area contributed by atoms with Crippen LogP contribution in [0.3, 0.4) is 0 Å². The molecule has 8 heteroatoms. The van der Waals surface area contributed by atoms with Crippen LogP contribution in [0.25, 0.3) is 0 Å². The summed E-state index contributed by atoms with van der Waals surface area (Å²) in [5, 5.41) is 10.6. The number of hydrogen-bond donors (Lipinski definition) is 2. The molecule has 0 bridgehead atoms. The summed E-state index contributed by atoms with van der Waals surface area (Å²) < 4.78 is 16.6. The smallest absolute Gasteiger partial charge is 0.192 e. The molecule has 0 aliphatic heterocycles. The van der Waals surface area contributed by atoms with E-state index in [0.717, 1.165) is 48.1 Å². The second-order valence-electron chi connectivity index (χ2n) is 6.46. The van der Waals surface area contributed by atoms with Crippen LogP contribution in [-0.4, -0.2) is 30.9 Å². The lowest BCUT2D eigenvalue weighted by atomic mass is 10.1. The molecule has 0 radical (unpaired) electrons. The largest absolute Gasteiger partial charge is 0.490 e. The summed E-state index contributed by atoms with van der Waals surface area (Å²) >= 11 is 0. The number of halogens is 1. The summed E-state index contributed by atoms with van der Waals surface area (Å²) in [6.07, 6.45) is 3.46. The Hall–Kier alpha value is -1.97. The minimum absolute atomic E-state index is 0. The van der Waals surface area contributed by atoms with Gasteiger partial charge in [-0.1, -0.05) is 25.1 Å². The highest BCUT2D eigenvalue weighted by molar-refractivity contribution is 14.0. The normalized spacial score (nSPS) is 12.1. The molecule has 0 spiro atoms. The van der Waals surface area contributed by atoms with E-state index in [4.69, 9.17) is 14.0 Å². The SMILES string of the molecule is CCCOc1ccc(C(C)NC(=NCc2ccon2)NCC)cc1OCCC.I. The lowest BCUT2D eigenvalue weighted by molar-refractivity contribution is 0.268. The first-order valence-electron chi connectivity index (χ1n) is 10.0. The number of rotatable bonds is 11. The van der Waals surface area contributed by atoms with Crippen molar-refractivity contribution in [3.63, 3.8) is 0 Å². The van der Waals surface area contributed by atoms with Crippen molar-refractivity contribution in [1.29, 1.82) is 0 Å². The summed E-state index contributed by atoms with van der Waals surface area (Å²) in [5.74, 6) is 2.30. The summed E-state index contributed by atoms with van der Waals surface area (Å²) in [7, 11) is 0. The van der Waals surface area contributed by atoms with Crippen LogP contribution >= 0.6 is 24.0 Å². The van der Waals surface area contributed by atoms with Crippen LogP contribution in [0.1, 0.15) is 57.8 Å². The van der Waals surface area contributed by atoms with Gasteiger partial charge < -0.3 is 24.6 Å². The Balaban J connectivity index is 0.00000420. The first-order chi connectivity index (χ1) is 13.7. The van der Waals surface area contributed by atoms with Crippen LogP contribution in [0.5, 0.6) is 11.5 Å². The monoisotopic (exact) mass is 516 g/mol. The maximum atomic E-state index is 5.91. The van der Waals surface area contributed by atoms with Crippen LogP contribution in [0, 0.1) is 0 Å². The van der Waals surface area contributed by atoms with Crippen LogP contribution in [0.2, 0.25) is 0 Å². The minimum Gasteiger partial charge on any atom is -0.490 e. The average molecular weight is 516 g/mol. The molecule has 2 N–H and O–H groups in total. The van der Waals surface area contributed by atoms with Crippen molar-refractivity contribution in [3.8, 4) is 11.5 Å². The van der Waals surface area contributed by atoms with Gasteiger partial charge in [-0.25, -0.2) is 4.99 Å².